The second-order valence-corrected chi connectivity index (χ2v) is 5.78. The van der Waals surface area contributed by atoms with Crippen LogP contribution in [0.3, 0.4) is 0 Å². The van der Waals surface area contributed by atoms with Gasteiger partial charge in [0.2, 0.25) is 0 Å². The van der Waals surface area contributed by atoms with Gasteiger partial charge in [0.25, 0.3) is 5.69 Å². The molecule has 1 rings (SSSR count). The Bertz CT molecular complexity index is 410. The third-order valence-corrected chi connectivity index (χ3v) is 3.90. The van der Waals surface area contributed by atoms with Crippen molar-refractivity contribution in [3.05, 3.63) is 31.9 Å². The van der Waals surface area contributed by atoms with Crippen LogP contribution in [0.4, 0.5) is 11.4 Å². The smallest absolute Gasteiger partial charge is 0.270 e. The van der Waals surface area contributed by atoms with Crippen LogP contribution in [0, 0.1) is 13.7 Å². The zero-order valence-electron chi connectivity index (χ0n) is 11.3. The molecular weight excluding hydrogens is 355 g/mol. The van der Waals surface area contributed by atoms with Crippen molar-refractivity contribution in [3.8, 4) is 0 Å². The summed E-state index contributed by atoms with van der Waals surface area (Å²) in [5, 5.41) is 14.0. The Morgan fingerprint density at radius 1 is 1.21 bits per heavy atom. The van der Waals surface area contributed by atoms with E-state index in [1.807, 2.05) is 0 Å². The Hall–Kier alpha value is -0.850. The van der Waals surface area contributed by atoms with E-state index in [-0.39, 0.29) is 10.6 Å². The first-order valence-electron chi connectivity index (χ1n) is 6.83. The highest BCUT2D eigenvalue weighted by molar-refractivity contribution is 14.1. The van der Waals surface area contributed by atoms with Crippen LogP contribution in [-0.4, -0.2) is 11.5 Å². The molecule has 1 aromatic rings. The number of unbranched alkanes of at least 4 members (excludes halogenated alkanes) is 5. The Labute approximate surface area is 128 Å². The second kappa shape index (κ2) is 9.12. The number of benzene rings is 1. The minimum absolute atomic E-state index is 0.148. The highest BCUT2D eigenvalue weighted by atomic mass is 127. The normalized spacial score (nSPS) is 10.4. The van der Waals surface area contributed by atoms with E-state index >= 15 is 0 Å². The van der Waals surface area contributed by atoms with Crippen molar-refractivity contribution in [3.63, 3.8) is 0 Å². The molecule has 0 aliphatic carbocycles. The van der Waals surface area contributed by atoms with Gasteiger partial charge in [-0.1, -0.05) is 39.0 Å². The van der Waals surface area contributed by atoms with Gasteiger partial charge in [-0.25, -0.2) is 0 Å². The van der Waals surface area contributed by atoms with Crippen LogP contribution in [0.15, 0.2) is 18.2 Å². The van der Waals surface area contributed by atoms with Crippen LogP contribution in [-0.2, 0) is 0 Å². The van der Waals surface area contributed by atoms with Crippen LogP contribution in [0.1, 0.15) is 45.4 Å². The zero-order chi connectivity index (χ0) is 14.1. The van der Waals surface area contributed by atoms with Crippen molar-refractivity contribution in [1.82, 2.24) is 0 Å². The molecule has 1 aromatic carbocycles. The number of halogens is 1. The van der Waals surface area contributed by atoms with Gasteiger partial charge in [0.15, 0.2) is 0 Å². The molecule has 5 heteroatoms. The molecule has 0 saturated heterocycles. The molecule has 106 valence electrons. The third kappa shape index (κ3) is 6.22. The number of nitrogens with one attached hydrogen (secondary N) is 1. The SMILES string of the molecule is CCCCCCCCNc1ccc([N+](=O)[O-])cc1I. The summed E-state index contributed by atoms with van der Waals surface area (Å²) in [4.78, 5) is 10.3. The first-order chi connectivity index (χ1) is 9.15. The van der Waals surface area contributed by atoms with Crippen molar-refractivity contribution in [1.29, 1.82) is 0 Å². The largest absolute Gasteiger partial charge is 0.384 e. The molecule has 0 atom stereocenters. The molecule has 0 aliphatic heterocycles. The highest BCUT2D eigenvalue weighted by Crippen LogP contribution is 2.23. The van der Waals surface area contributed by atoms with Gasteiger partial charge < -0.3 is 5.32 Å². The third-order valence-electron chi connectivity index (χ3n) is 3.01. The molecule has 0 fully saturated rings. The summed E-state index contributed by atoms with van der Waals surface area (Å²) in [5.41, 5.74) is 1.13. The average molecular weight is 376 g/mol. The van der Waals surface area contributed by atoms with Crippen molar-refractivity contribution in [2.45, 2.75) is 45.4 Å². The van der Waals surface area contributed by atoms with E-state index in [4.69, 9.17) is 0 Å². The van der Waals surface area contributed by atoms with Gasteiger partial charge in [0, 0.05) is 27.9 Å². The van der Waals surface area contributed by atoms with Gasteiger partial charge in [-0.3, -0.25) is 10.1 Å². The lowest BCUT2D eigenvalue weighted by molar-refractivity contribution is -0.384. The van der Waals surface area contributed by atoms with Gasteiger partial charge in [-0.05, 0) is 35.1 Å². The molecule has 0 aliphatic rings. The second-order valence-electron chi connectivity index (χ2n) is 4.62. The summed E-state index contributed by atoms with van der Waals surface area (Å²) in [6.07, 6.45) is 7.62. The predicted octanol–water partition coefficient (Wildman–Crippen LogP) is 4.97. The predicted molar refractivity (Wildman–Crippen MR) is 87.7 cm³/mol. The van der Waals surface area contributed by atoms with Crippen LogP contribution in [0.5, 0.6) is 0 Å². The lowest BCUT2D eigenvalue weighted by Crippen LogP contribution is -2.03. The number of nitro groups is 1. The molecular formula is C14H21IN2O2. The Morgan fingerprint density at radius 3 is 2.53 bits per heavy atom. The zero-order valence-corrected chi connectivity index (χ0v) is 13.5. The van der Waals surface area contributed by atoms with Crippen LogP contribution < -0.4 is 5.32 Å². The van der Waals surface area contributed by atoms with Crippen LogP contribution >= 0.6 is 22.6 Å². The number of hydrogen-bond donors (Lipinski definition) is 1. The average Bonchev–Trinajstić information content (AvgIpc) is 2.39. The summed E-state index contributed by atoms with van der Waals surface area (Å²) >= 11 is 2.13. The quantitative estimate of drug-likeness (QED) is 0.287. The summed E-state index contributed by atoms with van der Waals surface area (Å²) in [6, 6.07) is 4.94. The highest BCUT2D eigenvalue weighted by Gasteiger charge is 2.08. The van der Waals surface area contributed by atoms with Crippen LogP contribution in [0.25, 0.3) is 0 Å². The minimum atomic E-state index is -0.361. The Kier molecular flexibility index (Phi) is 7.78. The molecule has 4 nitrogen and oxygen atoms in total. The summed E-state index contributed by atoms with van der Waals surface area (Å²) < 4.78 is 0.901. The summed E-state index contributed by atoms with van der Waals surface area (Å²) in [7, 11) is 0. The lowest BCUT2D eigenvalue weighted by Gasteiger charge is -2.08. The van der Waals surface area contributed by atoms with E-state index < -0.39 is 0 Å². The van der Waals surface area contributed by atoms with Crippen molar-refractivity contribution < 1.29 is 4.92 Å². The Morgan fingerprint density at radius 2 is 1.89 bits per heavy atom. The monoisotopic (exact) mass is 376 g/mol. The number of nitro benzene ring substituents is 1. The molecule has 0 heterocycles. The topological polar surface area (TPSA) is 55.2 Å². The van der Waals surface area contributed by atoms with Gasteiger partial charge in [-0.15, -0.1) is 0 Å². The number of anilines is 1. The number of non-ortho nitro benzene ring substituents is 1. The number of rotatable bonds is 9. The van der Waals surface area contributed by atoms with E-state index in [0.29, 0.717) is 0 Å². The fourth-order valence-corrected chi connectivity index (χ4v) is 2.58. The van der Waals surface area contributed by atoms with Crippen LogP contribution in [0.2, 0.25) is 0 Å². The molecule has 19 heavy (non-hydrogen) atoms. The molecule has 0 bridgehead atoms. The summed E-state index contributed by atoms with van der Waals surface area (Å²) in [6.45, 7) is 3.15. The minimum Gasteiger partial charge on any atom is -0.384 e. The van der Waals surface area contributed by atoms with E-state index in [9.17, 15) is 10.1 Å². The molecule has 0 amide bonds. The summed E-state index contributed by atoms with van der Waals surface area (Å²) in [5.74, 6) is 0. The van der Waals surface area contributed by atoms with Gasteiger partial charge in [0.05, 0.1) is 4.92 Å². The van der Waals surface area contributed by atoms with Gasteiger partial charge in [0.1, 0.15) is 0 Å². The van der Waals surface area contributed by atoms with Gasteiger partial charge in [-0.2, -0.15) is 0 Å². The lowest BCUT2D eigenvalue weighted by atomic mass is 10.1. The van der Waals surface area contributed by atoms with E-state index in [1.165, 1.54) is 32.1 Å². The molecule has 0 radical (unpaired) electrons. The standard InChI is InChI=1S/C14H21IN2O2/c1-2-3-4-5-6-7-10-16-14-9-8-12(17(18)19)11-13(14)15/h8-9,11,16H,2-7,10H2,1H3. The number of nitrogens with zero attached hydrogens (tertiary/aromatic N) is 1. The molecule has 1 N–H and O–H groups in total. The van der Waals surface area contributed by atoms with E-state index in [2.05, 4.69) is 34.8 Å². The molecule has 0 saturated carbocycles. The fourth-order valence-electron chi connectivity index (χ4n) is 1.89. The molecule has 0 unspecified atom stereocenters. The van der Waals surface area contributed by atoms with Crippen molar-refractivity contribution >= 4 is 34.0 Å². The maximum absolute atomic E-state index is 10.6. The van der Waals surface area contributed by atoms with E-state index in [1.54, 1.807) is 18.2 Å². The van der Waals surface area contributed by atoms with Crippen molar-refractivity contribution in [2.24, 2.45) is 0 Å². The number of hydrogen-bond acceptors (Lipinski definition) is 3. The first kappa shape index (κ1) is 16.2. The van der Waals surface area contributed by atoms with Gasteiger partial charge >= 0.3 is 0 Å². The van der Waals surface area contributed by atoms with E-state index in [0.717, 1.165) is 22.2 Å². The first-order valence-corrected chi connectivity index (χ1v) is 7.91. The van der Waals surface area contributed by atoms with Crippen molar-refractivity contribution in [2.75, 3.05) is 11.9 Å². The molecule has 0 aromatic heterocycles. The Balaban J connectivity index is 2.28. The fraction of sp³-hybridized carbons (Fsp3) is 0.571. The molecule has 0 spiro atoms. The maximum Gasteiger partial charge on any atom is 0.270 e. The maximum atomic E-state index is 10.6.